The first-order valence-corrected chi connectivity index (χ1v) is 7.11. The number of halogens is 3. The smallest absolute Gasteiger partial charge is 0.137 e. The van der Waals surface area contributed by atoms with E-state index in [1.165, 1.54) is 6.07 Å². The van der Waals surface area contributed by atoms with Crippen molar-refractivity contribution in [3.63, 3.8) is 0 Å². The monoisotopic (exact) mass is 341 g/mol. The first kappa shape index (κ1) is 14.5. The Morgan fingerprint density at radius 3 is 2.68 bits per heavy atom. The zero-order chi connectivity index (χ0) is 14.0. The van der Waals surface area contributed by atoms with E-state index in [0.29, 0.717) is 15.9 Å². The summed E-state index contributed by atoms with van der Waals surface area (Å²) in [6, 6.07) is 10.4. The van der Waals surface area contributed by atoms with Crippen LogP contribution in [0.2, 0.25) is 5.02 Å². The minimum atomic E-state index is -0.271. The highest BCUT2D eigenvalue weighted by Crippen LogP contribution is 2.28. The van der Waals surface area contributed by atoms with E-state index in [0.717, 1.165) is 16.7 Å². The minimum absolute atomic E-state index is 0.211. The molecule has 0 spiro atoms. The SMILES string of the molecule is Cc1c(Cl)cccc1C(N)Cc1cccc(F)c1Br. The van der Waals surface area contributed by atoms with E-state index >= 15 is 0 Å². The predicted molar refractivity (Wildman–Crippen MR) is 80.9 cm³/mol. The molecule has 0 aliphatic heterocycles. The Hall–Kier alpha value is -0.900. The van der Waals surface area contributed by atoms with Crippen LogP contribution in [0.25, 0.3) is 0 Å². The van der Waals surface area contributed by atoms with E-state index in [4.69, 9.17) is 17.3 Å². The molecule has 1 nitrogen and oxygen atoms in total. The van der Waals surface area contributed by atoms with Gasteiger partial charge in [-0.05, 0) is 58.1 Å². The lowest BCUT2D eigenvalue weighted by Crippen LogP contribution is -2.15. The summed E-state index contributed by atoms with van der Waals surface area (Å²) in [4.78, 5) is 0. The van der Waals surface area contributed by atoms with Gasteiger partial charge in [0.15, 0.2) is 0 Å². The zero-order valence-corrected chi connectivity index (χ0v) is 12.8. The summed E-state index contributed by atoms with van der Waals surface area (Å²) in [5.74, 6) is -0.271. The molecule has 0 aromatic heterocycles. The van der Waals surface area contributed by atoms with Gasteiger partial charge in [0.1, 0.15) is 5.82 Å². The molecule has 0 aliphatic rings. The van der Waals surface area contributed by atoms with Gasteiger partial charge in [-0.3, -0.25) is 0 Å². The van der Waals surface area contributed by atoms with E-state index in [9.17, 15) is 4.39 Å². The molecule has 0 bridgehead atoms. The molecule has 0 amide bonds. The van der Waals surface area contributed by atoms with Gasteiger partial charge in [-0.15, -0.1) is 0 Å². The van der Waals surface area contributed by atoms with Crippen LogP contribution in [0.3, 0.4) is 0 Å². The summed E-state index contributed by atoms with van der Waals surface area (Å²) in [7, 11) is 0. The fraction of sp³-hybridized carbons (Fsp3) is 0.200. The van der Waals surface area contributed by atoms with E-state index < -0.39 is 0 Å². The van der Waals surface area contributed by atoms with Gasteiger partial charge in [-0.2, -0.15) is 0 Å². The Bertz CT molecular complexity index is 601. The fourth-order valence-electron chi connectivity index (χ4n) is 2.08. The molecule has 0 saturated heterocycles. The lowest BCUT2D eigenvalue weighted by molar-refractivity contribution is 0.614. The number of rotatable bonds is 3. The lowest BCUT2D eigenvalue weighted by Gasteiger charge is -2.16. The molecule has 100 valence electrons. The van der Waals surface area contributed by atoms with E-state index in [1.807, 2.05) is 31.2 Å². The molecular formula is C15H14BrClFN. The zero-order valence-electron chi connectivity index (χ0n) is 10.5. The molecule has 4 heteroatoms. The summed E-state index contributed by atoms with van der Waals surface area (Å²) in [5.41, 5.74) is 9.03. The van der Waals surface area contributed by atoms with Crippen molar-refractivity contribution in [3.8, 4) is 0 Å². The van der Waals surface area contributed by atoms with Gasteiger partial charge in [0.2, 0.25) is 0 Å². The van der Waals surface area contributed by atoms with Gasteiger partial charge in [0, 0.05) is 11.1 Å². The van der Waals surface area contributed by atoms with Crippen LogP contribution in [0.5, 0.6) is 0 Å². The summed E-state index contributed by atoms with van der Waals surface area (Å²) in [5, 5.41) is 0.700. The number of hydrogen-bond donors (Lipinski definition) is 1. The highest BCUT2D eigenvalue weighted by atomic mass is 79.9. The maximum atomic E-state index is 13.5. The molecule has 2 N–H and O–H groups in total. The molecule has 2 aromatic rings. The highest BCUT2D eigenvalue weighted by molar-refractivity contribution is 9.10. The van der Waals surface area contributed by atoms with Gasteiger partial charge in [-0.1, -0.05) is 35.9 Å². The Kier molecular flexibility index (Phi) is 4.61. The Balaban J connectivity index is 2.28. The van der Waals surface area contributed by atoms with Gasteiger partial charge in [0.25, 0.3) is 0 Å². The van der Waals surface area contributed by atoms with Crippen molar-refractivity contribution >= 4 is 27.5 Å². The topological polar surface area (TPSA) is 26.0 Å². The van der Waals surface area contributed by atoms with Crippen molar-refractivity contribution < 1.29 is 4.39 Å². The van der Waals surface area contributed by atoms with Crippen molar-refractivity contribution in [2.45, 2.75) is 19.4 Å². The summed E-state index contributed by atoms with van der Waals surface area (Å²) in [6.07, 6.45) is 0.555. The third-order valence-electron chi connectivity index (χ3n) is 3.18. The maximum absolute atomic E-state index is 13.5. The van der Waals surface area contributed by atoms with E-state index in [2.05, 4.69) is 15.9 Å². The molecule has 1 unspecified atom stereocenters. The molecule has 0 saturated carbocycles. The third-order valence-corrected chi connectivity index (χ3v) is 4.48. The van der Waals surface area contributed by atoms with Crippen LogP contribution in [0.4, 0.5) is 4.39 Å². The van der Waals surface area contributed by atoms with Crippen molar-refractivity contribution in [1.82, 2.24) is 0 Å². The Morgan fingerprint density at radius 1 is 1.26 bits per heavy atom. The standard InChI is InChI=1S/C15H14BrClFN/c1-9-11(5-3-6-12(9)17)14(19)8-10-4-2-7-13(18)15(10)16/h2-7,14H,8,19H2,1H3. The summed E-state index contributed by atoms with van der Waals surface area (Å²) in [6.45, 7) is 1.94. The predicted octanol–water partition coefficient (Wildman–Crippen LogP) is 4.79. The van der Waals surface area contributed by atoms with Crippen LogP contribution in [0.15, 0.2) is 40.9 Å². The average Bonchev–Trinajstić information content (AvgIpc) is 2.38. The molecule has 0 fully saturated rings. The molecule has 2 rings (SSSR count). The van der Waals surface area contributed by atoms with Crippen LogP contribution in [-0.4, -0.2) is 0 Å². The van der Waals surface area contributed by atoms with Gasteiger partial charge < -0.3 is 5.73 Å². The van der Waals surface area contributed by atoms with Crippen LogP contribution >= 0.6 is 27.5 Å². The normalized spacial score (nSPS) is 12.5. The molecular weight excluding hydrogens is 329 g/mol. The Morgan fingerprint density at radius 2 is 1.95 bits per heavy atom. The van der Waals surface area contributed by atoms with Crippen LogP contribution in [0.1, 0.15) is 22.7 Å². The second kappa shape index (κ2) is 6.04. The maximum Gasteiger partial charge on any atom is 0.137 e. The molecule has 1 atom stereocenters. The number of nitrogens with two attached hydrogens (primary N) is 1. The molecule has 0 radical (unpaired) electrons. The molecule has 2 aromatic carbocycles. The van der Waals surface area contributed by atoms with Crippen LogP contribution in [0, 0.1) is 12.7 Å². The quantitative estimate of drug-likeness (QED) is 0.852. The third kappa shape index (κ3) is 3.16. The Labute approximate surface area is 125 Å². The van der Waals surface area contributed by atoms with Gasteiger partial charge >= 0.3 is 0 Å². The molecule has 0 heterocycles. The second-order valence-corrected chi connectivity index (χ2v) is 5.68. The van der Waals surface area contributed by atoms with Gasteiger partial charge in [-0.25, -0.2) is 4.39 Å². The second-order valence-electron chi connectivity index (χ2n) is 4.48. The van der Waals surface area contributed by atoms with Crippen molar-refractivity contribution in [2.75, 3.05) is 0 Å². The lowest BCUT2D eigenvalue weighted by atomic mass is 9.96. The van der Waals surface area contributed by atoms with Crippen LogP contribution < -0.4 is 5.73 Å². The van der Waals surface area contributed by atoms with Crippen molar-refractivity contribution in [2.24, 2.45) is 5.73 Å². The molecule has 19 heavy (non-hydrogen) atoms. The fourth-order valence-corrected chi connectivity index (χ4v) is 2.69. The minimum Gasteiger partial charge on any atom is -0.324 e. The first-order valence-electron chi connectivity index (χ1n) is 5.94. The van der Waals surface area contributed by atoms with Crippen LogP contribution in [-0.2, 0) is 6.42 Å². The van der Waals surface area contributed by atoms with Gasteiger partial charge in [0.05, 0.1) is 4.47 Å². The highest BCUT2D eigenvalue weighted by Gasteiger charge is 2.14. The largest absolute Gasteiger partial charge is 0.324 e. The number of hydrogen-bond acceptors (Lipinski definition) is 1. The number of benzene rings is 2. The van der Waals surface area contributed by atoms with E-state index in [1.54, 1.807) is 6.07 Å². The van der Waals surface area contributed by atoms with Crippen molar-refractivity contribution in [1.29, 1.82) is 0 Å². The summed E-state index contributed by atoms with van der Waals surface area (Å²) >= 11 is 9.35. The van der Waals surface area contributed by atoms with E-state index in [-0.39, 0.29) is 11.9 Å². The van der Waals surface area contributed by atoms with Crippen molar-refractivity contribution in [3.05, 3.63) is 68.4 Å². The first-order chi connectivity index (χ1) is 9.00. The average molecular weight is 343 g/mol. The molecule has 0 aliphatic carbocycles. The summed E-state index contributed by atoms with van der Waals surface area (Å²) < 4.78 is 13.9.